The number of aromatic nitrogens is 1. The number of ketones is 2. The van der Waals surface area contributed by atoms with Gasteiger partial charge in [-0.05, 0) is 58.4 Å². The van der Waals surface area contributed by atoms with Gasteiger partial charge in [0.2, 0.25) is 0 Å². The Morgan fingerprint density at radius 3 is 1.47 bits per heavy atom. The lowest BCUT2D eigenvalue weighted by molar-refractivity contribution is 0.0857. The first kappa shape index (κ1) is 24.8. The molecular weight excluding hydrogens is 526 g/mol. The SMILES string of the molecule is CC1(C)Cc2c(ccc3c4cc(-c5ccccc5-c5ccccc5)cc5c6ccc7c(c6n(c23)c45)CC(C)(C)C7=O)C1=O. The Labute approximate surface area is 250 Å². The summed E-state index contributed by atoms with van der Waals surface area (Å²) in [6.07, 6.45) is 1.42. The summed E-state index contributed by atoms with van der Waals surface area (Å²) in [5, 5.41) is 4.73. The molecule has 208 valence electrons. The fourth-order valence-corrected chi connectivity index (χ4v) is 8.16. The maximum Gasteiger partial charge on any atom is 0.169 e. The summed E-state index contributed by atoms with van der Waals surface area (Å²) in [5.41, 5.74) is 11.3. The molecule has 0 aliphatic heterocycles. The third kappa shape index (κ3) is 3.09. The van der Waals surface area contributed by atoms with Gasteiger partial charge in [-0.15, -0.1) is 0 Å². The van der Waals surface area contributed by atoms with Crippen LogP contribution in [0.1, 0.15) is 59.5 Å². The van der Waals surface area contributed by atoms with Crippen molar-refractivity contribution in [3.63, 3.8) is 0 Å². The van der Waals surface area contributed by atoms with Crippen LogP contribution in [0.25, 0.3) is 60.3 Å². The zero-order valence-corrected chi connectivity index (χ0v) is 24.8. The zero-order valence-electron chi connectivity index (χ0n) is 24.8. The number of carbonyl (C=O) groups is 2. The smallest absolute Gasteiger partial charge is 0.169 e. The van der Waals surface area contributed by atoms with Crippen LogP contribution in [0.15, 0.2) is 91.0 Å². The number of rotatable bonds is 2. The van der Waals surface area contributed by atoms with E-state index in [4.69, 9.17) is 0 Å². The van der Waals surface area contributed by atoms with Crippen LogP contribution in [-0.4, -0.2) is 16.0 Å². The molecule has 5 aromatic carbocycles. The van der Waals surface area contributed by atoms with Crippen LogP contribution in [0, 0.1) is 10.8 Å². The van der Waals surface area contributed by atoms with Gasteiger partial charge in [0.05, 0.1) is 16.6 Å². The van der Waals surface area contributed by atoms with Crippen LogP contribution >= 0.6 is 0 Å². The van der Waals surface area contributed by atoms with Crippen LogP contribution < -0.4 is 0 Å². The zero-order chi connectivity index (χ0) is 29.4. The number of Topliss-reactive ketones (excluding diaryl/α,β-unsaturated/α-hetero) is 2. The second-order valence-electron chi connectivity index (χ2n) is 13.9. The third-order valence-electron chi connectivity index (χ3n) is 10.2. The van der Waals surface area contributed by atoms with Gasteiger partial charge in [-0.1, -0.05) is 107 Å². The van der Waals surface area contributed by atoms with E-state index in [-0.39, 0.29) is 11.6 Å². The standard InChI is InChI=1S/C40H31NO2/c1-39(2)20-32-28(37(39)42)16-14-26-30-18-23(25-13-9-8-12-24(25)22-10-6-5-7-11-22)19-31-27-15-17-29-33(21-40(3,4)38(29)43)35(27)41(34(26)32)36(30)31/h5-19H,20-21H2,1-4H3. The highest BCUT2D eigenvalue weighted by Gasteiger charge is 2.42. The first-order chi connectivity index (χ1) is 20.7. The molecule has 3 nitrogen and oxygen atoms in total. The summed E-state index contributed by atoms with van der Waals surface area (Å²) in [7, 11) is 0. The molecule has 0 atom stereocenters. The number of nitrogens with zero attached hydrogens (tertiary/aromatic N) is 1. The molecule has 0 saturated carbocycles. The van der Waals surface area contributed by atoms with Crippen molar-refractivity contribution in [1.29, 1.82) is 0 Å². The Balaban J connectivity index is 1.47. The van der Waals surface area contributed by atoms with E-state index in [2.05, 4.69) is 111 Å². The first-order valence-corrected chi connectivity index (χ1v) is 15.2. The number of benzene rings is 5. The van der Waals surface area contributed by atoms with E-state index in [1.165, 1.54) is 49.3 Å². The minimum Gasteiger partial charge on any atom is -0.307 e. The maximum absolute atomic E-state index is 13.5. The monoisotopic (exact) mass is 557 g/mol. The van der Waals surface area contributed by atoms with E-state index in [9.17, 15) is 9.59 Å². The Bertz CT molecular complexity index is 2250. The van der Waals surface area contributed by atoms with Crippen LogP contribution in [0.3, 0.4) is 0 Å². The van der Waals surface area contributed by atoms with Crippen molar-refractivity contribution in [3.8, 4) is 22.3 Å². The minimum atomic E-state index is -0.437. The van der Waals surface area contributed by atoms with Crippen molar-refractivity contribution in [3.05, 3.63) is 113 Å². The van der Waals surface area contributed by atoms with E-state index < -0.39 is 10.8 Å². The van der Waals surface area contributed by atoms with E-state index in [1.54, 1.807) is 0 Å². The van der Waals surface area contributed by atoms with Crippen molar-refractivity contribution >= 4 is 49.7 Å². The van der Waals surface area contributed by atoms with Crippen molar-refractivity contribution in [2.75, 3.05) is 0 Å². The van der Waals surface area contributed by atoms with E-state index in [0.717, 1.165) is 33.3 Å². The van der Waals surface area contributed by atoms with Crippen molar-refractivity contribution < 1.29 is 9.59 Å². The predicted molar refractivity (Wildman–Crippen MR) is 176 cm³/mol. The van der Waals surface area contributed by atoms with Gasteiger partial charge < -0.3 is 4.40 Å². The predicted octanol–water partition coefficient (Wildman–Crippen LogP) is 9.70. The third-order valence-corrected chi connectivity index (χ3v) is 10.2. The molecule has 0 fully saturated rings. The second kappa shape index (κ2) is 7.99. The normalized spacial score (nSPS) is 17.1. The molecule has 43 heavy (non-hydrogen) atoms. The Hall–Kier alpha value is -4.76. The van der Waals surface area contributed by atoms with Crippen LogP contribution in [-0.2, 0) is 12.8 Å². The van der Waals surface area contributed by atoms with E-state index >= 15 is 0 Å². The number of hydrogen-bond donors (Lipinski definition) is 0. The molecule has 2 heterocycles. The quantitative estimate of drug-likeness (QED) is 0.212. The number of fused-ring (bicyclic) bond motifs is 10. The van der Waals surface area contributed by atoms with Gasteiger partial charge in [0.1, 0.15) is 0 Å². The molecule has 2 aliphatic rings. The highest BCUT2D eigenvalue weighted by Crippen LogP contribution is 2.50. The van der Waals surface area contributed by atoms with Gasteiger partial charge in [-0.3, -0.25) is 9.59 Å². The molecule has 3 heteroatoms. The van der Waals surface area contributed by atoms with Gasteiger partial charge in [0.25, 0.3) is 0 Å². The molecule has 0 N–H and O–H groups in total. The number of carbonyl (C=O) groups excluding carboxylic acids is 2. The highest BCUT2D eigenvalue weighted by molar-refractivity contribution is 6.27. The summed E-state index contributed by atoms with van der Waals surface area (Å²) in [6, 6.07) is 32.3. The Morgan fingerprint density at radius 2 is 0.953 bits per heavy atom. The summed E-state index contributed by atoms with van der Waals surface area (Å²) in [6.45, 7) is 8.24. The van der Waals surface area contributed by atoms with Gasteiger partial charge >= 0.3 is 0 Å². The van der Waals surface area contributed by atoms with Crippen LogP contribution in [0.5, 0.6) is 0 Å². The molecule has 0 spiro atoms. The summed E-state index contributed by atoms with van der Waals surface area (Å²) < 4.78 is 2.42. The molecule has 0 amide bonds. The molecular formula is C40H31NO2. The van der Waals surface area contributed by atoms with Gasteiger partial charge in [0, 0.05) is 43.5 Å². The highest BCUT2D eigenvalue weighted by atomic mass is 16.1. The molecule has 0 saturated heterocycles. The molecule has 2 aromatic heterocycles. The molecule has 0 radical (unpaired) electrons. The van der Waals surface area contributed by atoms with Gasteiger partial charge in [-0.25, -0.2) is 0 Å². The summed E-state index contributed by atoms with van der Waals surface area (Å²) in [5.74, 6) is 0.431. The van der Waals surface area contributed by atoms with Gasteiger partial charge in [0.15, 0.2) is 11.6 Å². The Kier molecular flexibility index (Phi) is 4.61. The summed E-state index contributed by atoms with van der Waals surface area (Å²) in [4.78, 5) is 27.0. The lowest BCUT2D eigenvalue weighted by Crippen LogP contribution is -2.18. The lowest BCUT2D eigenvalue weighted by Gasteiger charge is -2.13. The average Bonchev–Trinajstić information content (AvgIpc) is 3.66. The van der Waals surface area contributed by atoms with Crippen molar-refractivity contribution in [1.82, 2.24) is 4.40 Å². The molecule has 0 bridgehead atoms. The molecule has 0 unspecified atom stereocenters. The first-order valence-electron chi connectivity index (χ1n) is 15.2. The van der Waals surface area contributed by atoms with Gasteiger partial charge in [-0.2, -0.15) is 0 Å². The summed E-state index contributed by atoms with van der Waals surface area (Å²) >= 11 is 0. The second-order valence-corrected chi connectivity index (χ2v) is 13.9. The Morgan fingerprint density at radius 1 is 0.488 bits per heavy atom. The van der Waals surface area contributed by atoms with E-state index in [1.807, 2.05) is 12.1 Å². The fraction of sp³-hybridized carbons (Fsp3) is 0.200. The minimum absolute atomic E-state index is 0.216. The fourth-order valence-electron chi connectivity index (χ4n) is 8.16. The van der Waals surface area contributed by atoms with Crippen LogP contribution in [0.4, 0.5) is 0 Å². The average molecular weight is 558 g/mol. The topological polar surface area (TPSA) is 38.5 Å². The van der Waals surface area contributed by atoms with E-state index in [0.29, 0.717) is 12.8 Å². The van der Waals surface area contributed by atoms with Crippen molar-refractivity contribution in [2.24, 2.45) is 10.8 Å². The van der Waals surface area contributed by atoms with Crippen molar-refractivity contribution in [2.45, 2.75) is 40.5 Å². The molecule has 9 rings (SSSR count). The largest absolute Gasteiger partial charge is 0.307 e. The molecule has 2 aliphatic carbocycles. The van der Waals surface area contributed by atoms with Crippen LogP contribution in [0.2, 0.25) is 0 Å². The lowest BCUT2D eigenvalue weighted by atomic mass is 9.89. The maximum atomic E-state index is 13.5. The molecule has 7 aromatic rings. The number of hydrogen-bond acceptors (Lipinski definition) is 2.